The van der Waals surface area contributed by atoms with Crippen molar-refractivity contribution in [2.75, 3.05) is 17.7 Å². The van der Waals surface area contributed by atoms with E-state index in [1.54, 1.807) is 24.3 Å². The van der Waals surface area contributed by atoms with Gasteiger partial charge in [0.1, 0.15) is 5.75 Å². The molecule has 4 nitrogen and oxygen atoms in total. The molecule has 20 heavy (non-hydrogen) atoms. The summed E-state index contributed by atoms with van der Waals surface area (Å²) in [6.07, 6.45) is 0. The number of halogens is 1. The molecule has 0 bridgehead atoms. The van der Waals surface area contributed by atoms with Crippen LogP contribution in [0.25, 0.3) is 0 Å². The zero-order valence-electron chi connectivity index (χ0n) is 11.0. The zero-order chi connectivity index (χ0) is 14.5. The third kappa shape index (κ3) is 3.90. The second kappa shape index (κ2) is 6.30. The Hall–Kier alpha value is -2.20. The number of ether oxygens (including phenoxy) is 1. The third-order valence-electron chi connectivity index (χ3n) is 2.63. The van der Waals surface area contributed by atoms with Gasteiger partial charge in [-0.1, -0.05) is 23.7 Å². The van der Waals surface area contributed by atoms with Crippen LogP contribution in [-0.2, 0) is 4.79 Å². The summed E-state index contributed by atoms with van der Waals surface area (Å²) < 4.78 is 5.40. The molecule has 0 atom stereocenters. The first-order valence-electron chi connectivity index (χ1n) is 6.09. The van der Waals surface area contributed by atoms with Crippen LogP contribution in [0.1, 0.15) is 5.56 Å². The molecule has 2 rings (SSSR count). The number of carbonyl (C=O) groups is 1. The molecule has 0 heterocycles. The number of benzene rings is 2. The maximum absolute atomic E-state index is 11.8. The van der Waals surface area contributed by atoms with Crippen molar-refractivity contribution in [3.05, 3.63) is 53.1 Å². The number of hydrogen-bond acceptors (Lipinski definition) is 3. The first-order valence-corrected chi connectivity index (χ1v) is 6.47. The van der Waals surface area contributed by atoms with Gasteiger partial charge in [0.2, 0.25) is 0 Å². The van der Waals surface area contributed by atoms with E-state index < -0.39 is 0 Å². The summed E-state index contributed by atoms with van der Waals surface area (Å²) >= 11 is 5.98. The molecule has 0 spiro atoms. The Morgan fingerprint density at radius 1 is 1.30 bits per heavy atom. The first-order chi connectivity index (χ1) is 9.54. The number of aryl methyl sites for hydroxylation is 1. The van der Waals surface area contributed by atoms with Crippen LogP contribution in [0.4, 0.5) is 11.4 Å². The van der Waals surface area contributed by atoms with Gasteiger partial charge >= 0.3 is 0 Å². The van der Waals surface area contributed by atoms with Crippen molar-refractivity contribution < 1.29 is 9.53 Å². The minimum Gasteiger partial charge on any atom is -0.484 e. The number of anilines is 2. The molecule has 0 aliphatic carbocycles. The Morgan fingerprint density at radius 3 is 2.80 bits per heavy atom. The average Bonchev–Trinajstić information content (AvgIpc) is 2.40. The molecule has 0 aliphatic rings. The second-order valence-corrected chi connectivity index (χ2v) is 4.80. The molecule has 0 aromatic heterocycles. The summed E-state index contributed by atoms with van der Waals surface area (Å²) in [5.74, 6) is 0.377. The highest BCUT2D eigenvalue weighted by molar-refractivity contribution is 6.34. The lowest BCUT2D eigenvalue weighted by molar-refractivity contribution is -0.118. The van der Waals surface area contributed by atoms with Crippen LogP contribution >= 0.6 is 11.6 Å². The fourth-order valence-corrected chi connectivity index (χ4v) is 1.91. The van der Waals surface area contributed by atoms with Gasteiger partial charge in [-0.3, -0.25) is 4.79 Å². The highest BCUT2D eigenvalue weighted by Gasteiger charge is 2.07. The predicted molar refractivity (Wildman–Crippen MR) is 81.2 cm³/mol. The topological polar surface area (TPSA) is 64.3 Å². The summed E-state index contributed by atoms with van der Waals surface area (Å²) in [5, 5.41) is 3.07. The van der Waals surface area contributed by atoms with Gasteiger partial charge in [-0.15, -0.1) is 0 Å². The fourth-order valence-electron chi connectivity index (χ4n) is 1.67. The van der Waals surface area contributed by atoms with Gasteiger partial charge in [-0.2, -0.15) is 0 Å². The Balaban J connectivity index is 1.92. The number of rotatable bonds is 4. The average molecular weight is 291 g/mol. The molecule has 5 heteroatoms. The SMILES string of the molecule is Cc1cccc(OCC(=O)Nc2ccc(N)cc2Cl)c1. The summed E-state index contributed by atoms with van der Waals surface area (Å²) in [5.41, 5.74) is 7.72. The van der Waals surface area contributed by atoms with Crippen molar-refractivity contribution in [2.45, 2.75) is 6.92 Å². The Bertz CT molecular complexity index is 629. The molecular weight excluding hydrogens is 276 g/mol. The van der Waals surface area contributed by atoms with Crippen molar-refractivity contribution in [2.24, 2.45) is 0 Å². The van der Waals surface area contributed by atoms with Crippen molar-refractivity contribution in [1.82, 2.24) is 0 Å². The van der Waals surface area contributed by atoms with Gasteiger partial charge in [0.15, 0.2) is 6.61 Å². The quantitative estimate of drug-likeness (QED) is 0.850. The van der Waals surface area contributed by atoms with Gasteiger partial charge in [0.05, 0.1) is 10.7 Å². The minimum atomic E-state index is -0.279. The normalized spacial score (nSPS) is 10.1. The standard InChI is InChI=1S/C15H15ClN2O2/c1-10-3-2-4-12(7-10)20-9-15(19)18-14-6-5-11(17)8-13(14)16/h2-8H,9,17H2,1H3,(H,18,19). The summed E-state index contributed by atoms with van der Waals surface area (Å²) in [6.45, 7) is 1.88. The van der Waals surface area contributed by atoms with Crippen LogP contribution in [-0.4, -0.2) is 12.5 Å². The molecule has 0 fully saturated rings. The predicted octanol–water partition coefficient (Wildman–Crippen LogP) is 3.25. The van der Waals surface area contributed by atoms with E-state index in [4.69, 9.17) is 22.1 Å². The van der Waals surface area contributed by atoms with Crippen LogP contribution in [0.5, 0.6) is 5.75 Å². The molecular formula is C15H15ClN2O2. The highest BCUT2D eigenvalue weighted by atomic mass is 35.5. The summed E-state index contributed by atoms with van der Waals surface area (Å²) in [4.78, 5) is 11.8. The van der Waals surface area contributed by atoms with E-state index in [9.17, 15) is 4.79 Å². The van der Waals surface area contributed by atoms with Gasteiger partial charge in [-0.25, -0.2) is 0 Å². The monoisotopic (exact) mass is 290 g/mol. The van der Waals surface area contributed by atoms with Gasteiger partial charge < -0.3 is 15.8 Å². The maximum atomic E-state index is 11.8. The second-order valence-electron chi connectivity index (χ2n) is 4.39. The van der Waals surface area contributed by atoms with Crippen LogP contribution in [0.2, 0.25) is 5.02 Å². The Labute approximate surface area is 122 Å². The maximum Gasteiger partial charge on any atom is 0.262 e. The molecule has 2 aromatic rings. The summed E-state index contributed by atoms with van der Waals surface area (Å²) in [7, 11) is 0. The molecule has 0 aliphatic heterocycles. The molecule has 0 saturated carbocycles. The van der Waals surface area contributed by atoms with Crippen LogP contribution in [0.3, 0.4) is 0 Å². The molecule has 0 saturated heterocycles. The number of carbonyl (C=O) groups excluding carboxylic acids is 1. The lowest BCUT2D eigenvalue weighted by Gasteiger charge is -2.09. The van der Waals surface area contributed by atoms with Crippen molar-refractivity contribution >= 4 is 28.9 Å². The van der Waals surface area contributed by atoms with Crippen molar-refractivity contribution in [3.8, 4) is 5.75 Å². The minimum absolute atomic E-state index is 0.0792. The number of nitrogens with one attached hydrogen (secondary N) is 1. The van der Waals surface area contributed by atoms with Gasteiger partial charge in [0.25, 0.3) is 5.91 Å². The number of amides is 1. The fraction of sp³-hybridized carbons (Fsp3) is 0.133. The highest BCUT2D eigenvalue weighted by Crippen LogP contribution is 2.24. The van der Waals surface area contributed by atoms with Crippen molar-refractivity contribution in [1.29, 1.82) is 0 Å². The number of nitrogen functional groups attached to an aromatic ring is 1. The van der Waals surface area contributed by atoms with Gasteiger partial charge in [-0.05, 0) is 42.8 Å². The third-order valence-corrected chi connectivity index (χ3v) is 2.94. The van der Waals surface area contributed by atoms with Crippen LogP contribution < -0.4 is 15.8 Å². The summed E-state index contributed by atoms with van der Waals surface area (Å²) in [6, 6.07) is 12.4. The largest absolute Gasteiger partial charge is 0.484 e. The van der Waals surface area contributed by atoms with Crippen molar-refractivity contribution in [3.63, 3.8) is 0 Å². The zero-order valence-corrected chi connectivity index (χ0v) is 11.8. The van der Waals surface area contributed by atoms with E-state index in [0.29, 0.717) is 22.1 Å². The first kappa shape index (κ1) is 14.2. The van der Waals surface area contributed by atoms with E-state index in [0.717, 1.165) is 5.56 Å². The van der Waals surface area contributed by atoms with Crippen LogP contribution in [0.15, 0.2) is 42.5 Å². The van der Waals surface area contributed by atoms with E-state index >= 15 is 0 Å². The molecule has 2 aromatic carbocycles. The smallest absolute Gasteiger partial charge is 0.262 e. The number of nitrogens with two attached hydrogens (primary N) is 1. The Kier molecular flexibility index (Phi) is 4.48. The Morgan fingerprint density at radius 2 is 2.10 bits per heavy atom. The van der Waals surface area contributed by atoms with E-state index in [-0.39, 0.29) is 12.5 Å². The van der Waals surface area contributed by atoms with E-state index in [1.807, 2.05) is 25.1 Å². The van der Waals surface area contributed by atoms with Gasteiger partial charge in [0, 0.05) is 5.69 Å². The lowest BCUT2D eigenvalue weighted by atomic mass is 10.2. The lowest BCUT2D eigenvalue weighted by Crippen LogP contribution is -2.20. The molecule has 3 N–H and O–H groups in total. The molecule has 1 amide bonds. The van der Waals surface area contributed by atoms with E-state index in [2.05, 4.69) is 5.32 Å². The molecule has 0 radical (unpaired) electrons. The number of hydrogen-bond donors (Lipinski definition) is 2. The molecule has 104 valence electrons. The van der Waals surface area contributed by atoms with Crippen LogP contribution in [0, 0.1) is 6.92 Å². The molecule has 0 unspecified atom stereocenters. The van der Waals surface area contributed by atoms with E-state index in [1.165, 1.54) is 0 Å².